The van der Waals surface area contributed by atoms with E-state index in [0.717, 1.165) is 11.3 Å². The van der Waals surface area contributed by atoms with Crippen molar-refractivity contribution in [3.05, 3.63) is 59.2 Å². The molecule has 1 unspecified atom stereocenters. The fourth-order valence-corrected chi connectivity index (χ4v) is 2.24. The van der Waals surface area contributed by atoms with Crippen molar-refractivity contribution in [2.75, 3.05) is 5.32 Å². The third-order valence-electron chi connectivity index (χ3n) is 4.01. The molecule has 0 aliphatic carbocycles. The summed E-state index contributed by atoms with van der Waals surface area (Å²) in [5, 5.41) is 2.89. The molecule has 0 aliphatic heterocycles. The highest BCUT2D eigenvalue weighted by molar-refractivity contribution is 5.94. The molecule has 0 aliphatic rings. The molecular formula is C20H25NO2. The Morgan fingerprint density at radius 3 is 2.17 bits per heavy atom. The first-order chi connectivity index (χ1) is 10.9. The Morgan fingerprint density at radius 2 is 1.61 bits per heavy atom. The van der Waals surface area contributed by atoms with E-state index in [4.69, 9.17) is 4.74 Å². The molecule has 0 bridgehead atoms. The second-order valence-corrected chi connectivity index (χ2v) is 6.27. The van der Waals surface area contributed by atoms with Gasteiger partial charge in [-0.2, -0.15) is 0 Å². The van der Waals surface area contributed by atoms with Crippen LogP contribution in [0.5, 0.6) is 5.75 Å². The van der Waals surface area contributed by atoms with E-state index in [2.05, 4.69) is 26.1 Å². The minimum Gasteiger partial charge on any atom is -0.481 e. The zero-order valence-corrected chi connectivity index (χ0v) is 14.5. The van der Waals surface area contributed by atoms with E-state index in [0.29, 0.717) is 11.7 Å². The average molecular weight is 311 g/mol. The molecule has 0 radical (unpaired) electrons. The lowest BCUT2D eigenvalue weighted by Crippen LogP contribution is -2.30. The van der Waals surface area contributed by atoms with Gasteiger partial charge in [-0.3, -0.25) is 4.79 Å². The molecule has 23 heavy (non-hydrogen) atoms. The zero-order chi connectivity index (χ0) is 17.0. The van der Waals surface area contributed by atoms with Crippen LogP contribution in [0, 0.1) is 13.8 Å². The van der Waals surface area contributed by atoms with Crippen LogP contribution in [0.1, 0.15) is 43.4 Å². The molecule has 2 rings (SSSR count). The van der Waals surface area contributed by atoms with Crippen molar-refractivity contribution in [2.24, 2.45) is 0 Å². The predicted molar refractivity (Wildman–Crippen MR) is 95.2 cm³/mol. The summed E-state index contributed by atoms with van der Waals surface area (Å²) in [5.74, 6) is 1.04. The predicted octanol–water partition coefficient (Wildman–Crippen LogP) is 4.83. The van der Waals surface area contributed by atoms with Crippen LogP contribution in [0.25, 0.3) is 0 Å². The van der Waals surface area contributed by atoms with Crippen LogP contribution in [0.4, 0.5) is 5.69 Å². The molecule has 2 aromatic rings. The second-order valence-electron chi connectivity index (χ2n) is 6.27. The minimum absolute atomic E-state index is 0.152. The molecule has 1 atom stereocenters. The molecule has 1 N–H and O–H groups in total. The minimum atomic E-state index is -0.554. The second kappa shape index (κ2) is 7.32. The number of nitrogens with one attached hydrogen (secondary N) is 1. The number of benzene rings is 2. The van der Waals surface area contributed by atoms with Crippen LogP contribution in [-0.2, 0) is 4.79 Å². The van der Waals surface area contributed by atoms with Gasteiger partial charge in [0.25, 0.3) is 5.91 Å². The first kappa shape index (κ1) is 17.1. The number of anilines is 1. The fraction of sp³-hybridized carbons (Fsp3) is 0.350. The van der Waals surface area contributed by atoms with Gasteiger partial charge in [0.1, 0.15) is 5.75 Å². The normalized spacial score (nSPS) is 12.1. The van der Waals surface area contributed by atoms with Gasteiger partial charge in [0.2, 0.25) is 0 Å². The largest absolute Gasteiger partial charge is 0.481 e. The summed E-state index contributed by atoms with van der Waals surface area (Å²) in [5.41, 5.74) is 4.40. The van der Waals surface area contributed by atoms with Crippen molar-refractivity contribution in [3.8, 4) is 5.75 Å². The van der Waals surface area contributed by atoms with Crippen LogP contribution < -0.4 is 10.1 Å². The number of amides is 1. The highest BCUT2D eigenvalue weighted by atomic mass is 16.5. The highest BCUT2D eigenvalue weighted by Crippen LogP contribution is 2.19. The van der Waals surface area contributed by atoms with Gasteiger partial charge in [0, 0.05) is 5.69 Å². The molecule has 3 heteroatoms. The molecule has 0 heterocycles. The van der Waals surface area contributed by atoms with Gasteiger partial charge in [-0.1, -0.05) is 32.0 Å². The van der Waals surface area contributed by atoms with E-state index in [1.165, 1.54) is 11.1 Å². The molecule has 3 nitrogen and oxygen atoms in total. The van der Waals surface area contributed by atoms with Crippen molar-refractivity contribution >= 4 is 11.6 Å². The molecule has 0 fully saturated rings. The number of ether oxygens (including phenoxy) is 1. The number of carbonyl (C=O) groups is 1. The molecular weight excluding hydrogens is 286 g/mol. The lowest BCUT2D eigenvalue weighted by molar-refractivity contribution is -0.122. The van der Waals surface area contributed by atoms with Crippen molar-refractivity contribution in [1.29, 1.82) is 0 Å². The Balaban J connectivity index is 1.97. The third kappa shape index (κ3) is 4.59. The average Bonchev–Trinajstić information content (AvgIpc) is 2.51. The number of carbonyl (C=O) groups excluding carboxylic acids is 1. The Morgan fingerprint density at radius 1 is 0.957 bits per heavy atom. The van der Waals surface area contributed by atoms with Crippen molar-refractivity contribution in [2.45, 2.75) is 46.6 Å². The van der Waals surface area contributed by atoms with Crippen molar-refractivity contribution in [1.82, 2.24) is 0 Å². The number of hydrogen-bond acceptors (Lipinski definition) is 2. The molecule has 2 aromatic carbocycles. The Labute approximate surface area is 138 Å². The van der Waals surface area contributed by atoms with Gasteiger partial charge in [-0.05, 0) is 67.6 Å². The monoisotopic (exact) mass is 311 g/mol. The van der Waals surface area contributed by atoms with Gasteiger partial charge in [-0.25, -0.2) is 0 Å². The van der Waals surface area contributed by atoms with Gasteiger partial charge in [0.15, 0.2) is 6.10 Å². The smallest absolute Gasteiger partial charge is 0.265 e. The summed E-state index contributed by atoms with van der Waals surface area (Å²) in [4.78, 5) is 12.3. The number of aryl methyl sites for hydroxylation is 2. The first-order valence-electron chi connectivity index (χ1n) is 8.01. The van der Waals surface area contributed by atoms with E-state index in [1.54, 1.807) is 6.92 Å². The van der Waals surface area contributed by atoms with E-state index in [9.17, 15) is 4.79 Å². The van der Waals surface area contributed by atoms with Gasteiger partial charge >= 0.3 is 0 Å². The van der Waals surface area contributed by atoms with E-state index >= 15 is 0 Å². The lowest BCUT2D eigenvalue weighted by Gasteiger charge is -2.16. The van der Waals surface area contributed by atoms with E-state index in [1.807, 2.05) is 49.4 Å². The van der Waals surface area contributed by atoms with E-state index in [-0.39, 0.29) is 5.91 Å². The molecule has 0 spiro atoms. The third-order valence-corrected chi connectivity index (χ3v) is 4.01. The van der Waals surface area contributed by atoms with Crippen LogP contribution in [0.15, 0.2) is 42.5 Å². The summed E-state index contributed by atoms with van der Waals surface area (Å²) >= 11 is 0. The zero-order valence-electron chi connectivity index (χ0n) is 14.5. The van der Waals surface area contributed by atoms with Gasteiger partial charge < -0.3 is 10.1 Å². The Hall–Kier alpha value is -2.29. The lowest BCUT2D eigenvalue weighted by atomic mass is 10.0. The standard InChI is InChI=1S/C20H25NO2/c1-13(2)17-7-9-18(10-8-17)21-20(22)16(5)23-19-11-6-14(3)15(4)12-19/h6-13,16H,1-5H3,(H,21,22). The molecule has 1 amide bonds. The van der Waals surface area contributed by atoms with E-state index < -0.39 is 6.10 Å². The summed E-state index contributed by atoms with van der Waals surface area (Å²) in [7, 11) is 0. The van der Waals surface area contributed by atoms with Crippen molar-refractivity contribution in [3.63, 3.8) is 0 Å². The molecule has 122 valence electrons. The maximum absolute atomic E-state index is 12.3. The van der Waals surface area contributed by atoms with Crippen LogP contribution in [0.2, 0.25) is 0 Å². The molecule has 0 aromatic heterocycles. The summed E-state index contributed by atoms with van der Waals surface area (Å²) < 4.78 is 5.73. The SMILES string of the molecule is Cc1ccc(OC(C)C(=O)Nc2ccc(C(C)C)cc2)cc1C. The summed E-state index contributed by atoms with van der Waals surface area (Å²) in [6, 6.07) is 13.8. The van der Waals surface area contributed by atoms with Crippen molar-refractivity contribution < 1.29 is 9.53 Å². The Bertz CT molecular complexity index is 675. The van der Waals surface area contributed by atoms with Crippen LogP contribution >= 0.6 is 0 Å². The molecule has 0 saturated heterocycles. The maximum atomic E-state index is 12.3. The molecule has 0 saturated carbocycles. The quantitative estimate of drug-likeness (QED) is 0.858. The number of rotatable bonds is 5. The topological polar surface area (TPSA) is 38.3 Å². The van der Waals surface area contributed by atoms with Gasteiger partial charge in [-0.15, -0.1) is 0 Å². The van der Waals surface area contributed by atoms with Gasteiger partial charge in [0.05, 0.1) is 0 Å². The first-order valence-corrected chi connectivity index (χ1v) is 8.01. The summed E-state index contributed by atoms with van der Waals surface area (Å²) in [6.07, 6.45) is -0.554. The van der Waals surface area contributed by atoms with Crippen LogP contribution in [-0.4, -0.2) is 12.0 Å². The maximum Gasteiger partial charge on any atom is 0.265 e. The van der Waals surface area contributed by atoms with Crippen LogP contribution in [0.3, 0.4) is 0 Å². The number of hydrogen-bond donors (Lipinski definition) is 1. The summed E-state index contributed by atoms with van der Waals surface area (Å²) in [6.45, 7) is 10.1. The Kier molecular flexibility index (Phi) is 5.43. The highest BCUT2D eigenvalue weighted by Gasteiger charge is 2.15. The fourth-order valence-electron chi connectivity index (χ4n) is 2.24.